The number of aliphatic imine (C=N–C) groups is 1. The predicted octanol–water partition coefficient (Wildman–Crippen LogP) is 3.49. The van der Waals surface area contributed by atoms with Crippen molar-refractivity contribution in [3.8, 4) is 0 Å². The molecule has 0 aromatic heterocycles. The Morgan fingerprint density at radius 2 is 1.62 bits per heavy atom. The van der Waals surface area contributed by atoms with Crippen molar-refractivity contribution in [1.82, 2.24) is 0 Å². The summed E-state index contributed by atoms with van der Waals surface area (Å²) < 4.78 is 0. The van der Waals surface area contributed by atoms with Crippen LogP contribution in [0.5, 0.6) is 0 Å². The molecule has 0 fully saturated rings. The van der Waals surface area contributed by atoms with Gasteiger partial charge in [-0.2, -0.15) is 0 Å². The van der Waals surface area contributed by atoms with E-state index in [1.54, 1.807) is 13.8 Å². The molecule has 0 radical (unpaired) electrons. The van der Waals surface area contributed by atoms with E-state index >= 15 is 0 Å². The van der Waals surface area contributed by atoms with Gasteiger partial charge >= 0.3 is 0 Å². The van der Waals surface area contributed by atoms with Crippen LogP contribution < -0.4 is 0 Å². The number of nitrogens with zero attached hydrogens (tertiary/aromatic N) is 1. The van der Waals surface area contributed by atoms with Gasteiger partial charge in [-0.25, -0.2) is 4.99 Å². The summed E-state index contributed by atoms with van der Waals surface area (Å²) in [6, 6.07) is 6.20. The Kier molecular flexibility index (Phi) is 4.41. The lowest BCUT2D eigenvalue weighted by atomic mass is 10.0. The van der Waals surface area contributed by atoms with E-state index in [1.165, 1.54) is 11.1 Å². The van der Waals surface area contributed by atoms with Gasteiger partial charge in [0.2, 0.25) is 0 Å². The quantitative estimate of drug-likeness (QED) is 0.710. The molecule has 0 aliphatic carbocycles. The standard InChI is InChI=1S/C14H19NO/c1-5-12-8-7-9-13(6-2)14(12)15-10(3)11(4)16/h7-9H,5-6H2,1-4H3. The van der Waals surface area contributed by atoms with Gasteiger partial charge in [0.05, 0.1) is 11.4 Å². The Bertz CT molecular complexity index is 396. The summed E-state index contributed by atoms with van der Waals surface area (Å²) in [5.74, 6) is 0.0351. The zero-order valence-electron chi connectivity index (χ0n) is 10.5. The fraction of sp³-hybridized carbons (Fsp3) is 0.429. The number of hydrogen-bond acceptors (Lipinski definition) is 2. The third kappa shape index (κ3) is 2.78. The molecular formula is C14H19NO. The Labute approximate surface area is 97.4 Å². The van der Waals surface area contributed by atoms with Crippen molar-refractivity contribution >= 4 is 17.2 Å². The van der Waals surface area contributed by atoms with Crippen LogP contribution >= 0.6 is 0 Å². The summed E-state index contributed by atoms with van der Waals surface area (Å²) in [6.07, 6.45) is 1.88. The van der Waals surface area contributed by atoms with Gasteiger partial charge in [-0.1, -0.05) is 32.0 Å². The molecule has 2 heteroatoms. The van der Waals surface area contributed by atoms with Crippen molar-refractivity contribution in [3.05, 3.63) is 29.3 Å². The maximum atomic E-state index is 11.2. The molecule has 16 heavy (non-hydrogen) atoms. The van der Waals surface area contributed by atoms with Crippen LogP contribution in [0, 0.1) is 0 Å². The highest BCUT2D eigenvalue weighted by Gasteiger charge is 2.06. The fourth-order valence-corrected chi connectivity index (χ4v) is 1.61. The Morgan fingerprint density at radius 1 is 1.12 bits per heavy atom. The largest absolute Gasteiger partial charge is 0.293 e. The van der Waals surface area contributed by atoms with Crippen LogP contribution in [0.15, 0.2) is 23.2 Å². The minimum absolute atomic E-state index is 0.0351. The van der Waals surface area contributed by atoms with E-state index < -0.39 is 0 Å². The van der Waals surface area contributed by atoms with Crippen LogP contribution in [0.2, 0.25) is 0 Å². The second-order valence-electron chi connectivity index (χ2n) is 3.89. The molecule has 1 aromatic carbocycles. The molecule has 0 N–H and O–H groups in total. The van der Waals surface area contributed by atoms with E-state index in [9.17, 15) is 4.79 Å². The van der Waals surface area contributed by atoms with Crippen molar-refractivity contribution in [2.45, 2.75) is 40.5 Å². The number of Topliss-reactive ketones (excluding diaryl/α,β-unsaturated/α-hetero) is 1. The molecular weight excluding hydrogens is 198 g/mol. The molecule has 0 atom stereocenters. The highest BCUT2D eigenvalue weighted by atomic mass is 16.1. The van der Waals surface area contributed by atoms with E-state index in [1.807, 2.05) is 0 Å². The average molecular weight is 217 g/mol. The van der Waals surface area contributed by atoms with Gasteiger partial charge < -0.3 is 0 Å². The van der Waals surface area contributed by atoms with E-state index in [2.05, 4.69) is 37.0 Å². The second kappa shape index (κ2) is 5.59. The van der Waals surface area contributed by atoms with Gasteiger partial charge in [0, 0.05) is 6.92 Å². The van der Waals surface area contributed by atoms with Gasteiger partial charge in [0.1, 0.15) is 0 Å². The molecule has 0 saturated heterocycles. The summed E-state index contributed by atoms with van der Waals surface area (Å²) >= 11 is 0. The Hall–Kier alpha value is -1.44. The van der Waals surface area contributed by atoms with Crippen molar-refractivity contribution in [2.24, 2.45) is 4.99 Å². The number of carbonyl (C=O) groups excluding carboxylic acids is 1. The average Bonchev–Trinajstić information content (AvgIpc) is 2.29. The lowest BCUT2D eigenvalue weighted by Gasteiger charge is -2.09. The van der Waals surface area contributed by atoms with Crippen molar-refractivity contribution in [1.29, 1.82) is 0 Å². The molecule has 2 nitrogen and oxygen atoms in total. The van der Waals surface area contributed by atoms with Gasteiger partial charge in [0.15, 0.2) is 5.78 Å². The molecule has 0 amide bonds. The summed E-state index contributed by atoms with van der Waals surface area (Å²) in [4.78, 5) is 15.7. The summed E-state index contributed by atoms with van der Waals surface area (Å²) in [6.45, 7) is 7.54. The van der Waals surface area contributed by atoms with Crippen LogP contribution in [0.3, 0.4) is 0 Å². The smallest absolute Gasteiger partial charge is 0.173 e. The number of carbonyl (C=O) groups is 1. The van der Waals surface area contributed by atoms with E-state index in [0.717, 1.165) is 18.5 Å². The molecule has 0 aliphatic rings. The maximum Gasteiger partial charge on any atom is 0.173 e. The molecule has 0 heterocycles. The van der Waals surface area contributed by atoms with Gasteiger partial charge in [-0.15, -0.1) is 0 Å². The third-order valence-corrected chi connectivity index (χ3v) is 2.75. The molecule has 0 unspecified atom stereocenters. The minimum Gasteiger partial charge on any atom is -0.293 e. The number of ketones is 1. The Balaban J connectivity index is 3.29. The maximum absolute atomic E-state index is 11.2. The van der Waals surface area contributed by atoms with Crippen LogP contribution in [0.1, 0.15) is 38.8 Å². The highest BCUT2D eigenvalue weighted by Crippen LogP contribution is 2.25. The van der Waals surface area contributed by atoms with Crippen LogP contribution in [0.4, 0.5) is 5.69 Å². The first kappa shape index (κ1) is 12.6. The van der Waals surface area contributed by atoms with Crippen molar-refractivity contribution in [3.63, 3.8) is 0 Å². The predicted molar refractivity (Wildman–Crippen MR) is 68.6 cm³/mol. The summed E-state index contributed by atoms with van der Waals surface area (Å²) in [5.41, 5.74) is 3.98. The first-order valence-corrected chi connectivity index (χ1v) is 5.77. The topological polar surface area (TPSA) is 29.4 Å². The summed E-state index contributed by atoms with van der Waals surface area (Å²) in [5, 5.41) is 0. The van der Waals surface area contributed by atoms with Crippen molar-refractivity contribution in [2.75, 3.05) is 0 Å². The second-order valence-corrected chi connectivity index (χ2v) is 3.89. The third-order valence-electron chi connectivity index (χ3n) is 2.75. The molecule has 0 bridgehead atoms. The monoisotopic (exact) mass is 217 g/mol. The number of para-hydroxylation sites is 1. The molecule has 86 valence electrons. The van der Waals surface area contributed by atoms with E-state index in [4.69, 9.17) is 0 Å². The van der Waals surface area contributed by atoms with Gasteiger partial charge in [-0.05, 0) is 30.9 Å². The molecule has 0 saturated carbocycles. The zero-order chi connectivity index (χ0) is 12.1. The molecule has 1 aromatic rings. The van der Waals surface area contributed by atoms with Crippen LogP contribution in [-0.2, 0) is 17.6 Å². The summed E-state index contributed by atoms with van der Waals surface area (Å²) in [7, 11) is 0. The lowest BCUT2D eigenvalue weighted by molar-refractivity contribution is -0.111. The number of benzene rings is 1. The van der Waals surface area contributed by atoms with Crippen LogP contribution in [0.25, 0.3) is 0 Å². The first-order chi connectivity index (χ1) is 7.60. The van der Waals surface area contributed by atoms with E-state index in [-0.39, 0.29) is 5.78 Å². The number of hydrogen-bond donors (Lipinski definition) is 0. The zero-order valence-corrected chi connectivity index (χ0v) is 10.5. The SMILES string of the molecule is CCc1cccc(CC)c1N=C(C)C(C)=O. The van der Waals surface area contributed by atoms with Gasteiger partial charge in [-0.3, -0.25) is 4.79 Å². The first-order valence-electron chi connectivity index (χ1n) is 5.77. The Morgan fingerprint density at radius 3 is 2.00 bits per heavy atom. The van der Waals surface area contributed by atoms with Crippen LogP contribution in [-0.4, -0.2) is 11.5 Å². The lowest BCUT2D eigenvalue weighted by Crippen LogP contribution is -2.04. The van der Waals surface area contributed by atoms with E-state index in [0.29, 0.717) is 5.71 Å². The molecule has 0 aliphatic heterocycles. The van der Waals surface area contributed by atoms with Gasteiger partial charge in [0.25, 0.3) is 0 Å². The highest BCUT2D eigenvalue weighted by molar-refractivity contribution is 6.38. The molecule has 1 rings (SSSR count). The number of rotatable bonds is 4. The fourth-order valence-electron chi connectivity index (χ4n) is 1.61. The van der Waals surface area contributed by atoms with Crippen molar-refractivity contribution < 1.29 is 4.79 Å². The molecule has 0 spiro atoms. The number of aryl methyl sites for hydroxylation is 2. The normalized spacial score (nSPS) is 11.6. The minimum atomic E-state index is 0.0351.